The van der Waals surface area contributed by atoms with Gasteiger partial charge in [0.1, 0.15) is 0 Å². The lowest BCUT2D eigenvalue weighted by atomic mass is 9.92. The van der Waals surface area contributed by atoms with Gasteiger partial charge in [-0.25, -0.2) is 0 Å². The standard InChI is InChI=1S/C16H25NO/c1-12-9-13(2)15(14(3)10-12)11-17-7-5-16(4,18)6-8-17/h9-10,18H,5-8,11H2,1-4H3. The second kappa shape index (κ2) is 5.02. The van der Waals surface area contributed by atoms with E-state index in [2.05, 4.69) is 37.8 Å². The number of benzene rings is 1. The number of hydrogen-bond acceptors (Lipinski definition) is 2. The Morgan fingerprint density at radius 2 is 1.61 bits per heavy atom. The van der Waals surface area contributed by atoms with E-state index in [4.69, 9.17) is 0 Å². The Hall–Kier alpha value is -0.860. The summed E-state index contributed by atoms with van der Waals surface area (Å²) in [5, 5.41) is 9.98. The molecule has 0 aliphatic carbocycles. The topological polar surface area (TPSA) is 23.5 Å². The first-order valence-corrected chi connectivity index (χ1v) is 6.89. The third kappa shape index (κ3) is 3.12. The van der Waals surface area contributed by atoms with E-state index in [1.165, 1.54) is 22.3 Å². The molecule has 1 heterocycles. The highest BCUT2D eigenvalue weighted by atomic mass is 16.3. The fourth-order valence-electron chi connectivity index (χ4n) is 2.88. The molecule has 0 amide bonds. The first-order chi connectivity index (χ1) is 8.37. The highest BCUT2D eigenvalue weighted by Crippen LogP contribution is 2.24. The number of rotatable bonds is 2. The van der Waals surface area contributed by atoms with Crippen LogP contribution in [0.1, 0.15) is 42.0 Å². The fourth-order valence-corrected chi connectivity index (χ4v) is 2.88. The molecule has 0 atom stereocenters. The molecule has 1 aliphatic heterocycles. The van der Waals surface area contributed by atoms with Gasteiger partial charge < -0.3 is 5.11 Å². The number of likely N-dealkylation sites (tertiary alicyclic amines) is 1. The predicted octanol–water partition coefficient (Wildman–Crippen LogP) is 2.96. The third-order valence-corrected chi connectivity index (χ3v) is 4.16. The van der Waals surface area contributed by atoms with Gasteiger partial charge in [-0.1, -0.05) is 17.7 Å². The molecule has 0 bridgehead atoms. The van der Waals surface area contributed by atoms with Crippen molar-refractivity contribution < 1.29 is 5.11 Å². The summed E-state index contributed by atoms with van der Waals surface area (Å²) in [4.78, 5) is 2.46. The minimum absolute atomic E-state index is 0.451. The highest BCUT2D eigenvalue weighted by molar-refractivity contribution is 5.37. The second-order valence-corrected chi connectivity index (χ2v) is 6.15. The van der Waals surface area contributed by atoms with Crippen LogP contribution in [0, 0.1) is 20.8 Å². The lowest BCUT2D eigenvalue weighted by Gasteiger charge is -2.36. The van der Waals surface area contributed by atoms with Crippen molar-refractivity contribution >= 4 is 0 Å². The van der Waals surface area contributed by atoms with Gasteiger partial charge in [0.15, 0.2) is 0 Å². The summed E-state index contributed by atoms with van der Waals surface area (Å²) in [6.45, 7) is 11.5. The second-order valence-electron chi connectivity index (χ2n) is 6.15. The van der Waals surface area contributed by atoms with Crippen molar-refractivity contribution in [3.8, 4) is 0 Å². The number of piperidine rings is 1. The van der Waals surface area contributed by atoms with Gasteiger partial charge in [0, 0.05) is 19.6 Å². The van der Waals surface area contributed by atoms with Gasteiger partial charge in [-0.3, -0.25) is 4.90 Å². The van der Waals surface area contributed by atoms with E-state index in [0.29, 0.717) is 0 Å². The molecule has 1 aliphatic rings. The van der Waals surface area contributed by atoms with E-state index < -0.39 is 5.60 Å². The van der Waals surface area contributed by atoms with Crippen LogP contribution in [-0.4, -0.2) is 28.7 Å². The van der Waals surface area contributed by atoms with Crippen molar-refractivity contribution in [1.82, 2.24) is 4.90 Å². The highest BCUT2D eigenvalue weighted by Gasteiger charge is 2.27. The SMILES string of the molecule is Cc1cc(C)c(CN2CCC(C)(O)CC2)c(C)c1. The molecular formula is C16H25NO. The smallest absolute Gasteiger partial charge is 0.0644 e. The average Bonchev–Trinajstić information content (AvgIpc) is 2.25. The zero-order valence-corrected chi connectivity index (χ0v) is 12.1. The summed E-state index contributed by atoms with van der Waals surface area (Å²) in [5.74, 6) is 0. The van der Waals surface area contributed by atoms with Crippen molar-refractivity contribution in [3.05, 3.63) is 34.4 Å². The van der Waals surface area contributed by atoms with Crippen LogP contribution in [0.4, 0.5) is 0 Å². The Morgan fingerprint density at radius 1 is 1.11 bits per heavy atom. The number of aliphatic hydroxyl groups is 1. The molecule has 0 aromatic heterocycles. The van der Waals surface area contributed by atoms with E-state index in [1.807, 2.05) is 6.92 Å². The van der Waals surface area contributed by atoms with Crippen LogP contribution in [0.25, 0.3) is 0 Å². The normalized spacial score (nSPS) is 20.1. The first-order valence-electron chi connectivity index (χ1n) is 6.89. The Kier molecular flexibility index (Phi) is 3.79. The van der Waals surface area contributed by atoms with Crippen LogP contribution < -0.4 is 0 Å². The van der Waals surface area contributed by atoms with Crippen LogP contribution >= 0.6 is 0 Å². The Labute approximate surface area is 111 Å². The van der Waals surface area contributed by atoms with Crippen LogP contribution in [0.2, 0.25) is 0 Å². The molecule has 2 nitrogen and oxygen atoms in total. The van der Waals surface area contributed by atoms with Crippen LogP contribution in [-0.2, 0) is 6.54 Å². The van der Waals surface area contributed by atoms with Gasteiger partial charge in [-0.05, 0) is 57.2 Å². The van der Waals surface area contributed by atoms with Gasteiger partial charge in [0.25, 0.3) is 0 Å². The minimum atomic E-state index is -0.451. The molecule has 0 spiro atoms. The molecule has 2 heteroatoms. The van der Waals surface area contributed by atoms with E-state index in [9.17, 15) is 5.11 Å². The fraction of sp³-hybridized carbons (Fsp3) is 0.625. The van der Waals surface area contributed by atoms with Crippen molar-refractivity contribution in [2.24, 2.45) is 0 Å². The first kappa shape index (κ1) is 13.6. The van der Waals surface area contributed by atoms with Crippen LogP contribution in [0.5, 0.6) is 0 Å². The molecule has 100 valence electrons. The quantitative estimate of drug-likeness (QED) is 0.868. The summed E-state index contributed by atoms with van der Waals surface area (Å²) in [6, 6.07) is 4.53. The molecule has 2 rings (SSSR count). The van der Waals surface area contributed by atoms with Crippen molar-refractivity contribution in [1.29, 1.82) is 0 Å². The van der Waals surface area contributed by atoms with Gasteiger partial charge in [0.2, 0.25) is 0 Å². The molecule has 1 aromatic carbocycles. The van der Waals surface area contributed by atoms with E-state index >= 15 is 0 Å². The van der Waals surface area contributed by atoms with Gasteiger partial charge in [0.05, 0.1) is 5.60 Å². The van der Waals surface area contributed by atoms with Gasteiger partial charge in [-0.2, -0.15) is 0 Å². The number of hydrogen-bond donors (Lipinski definition) is 1. The summed E-state index contributed by atoms with van der Waals surface area (Å²) in [7, 11) is 0. The summed E-state index contributed by atoms with van der Waals surface area (Å²) >= 11 is 0. The number of aryl methyl sites for hydroxylation is 3. The molecule has 0 radical (unpaired) electrons. The van der Waals surface area contributed by atoms with Crippen molar-refractivity contribution in [2.75, 3.05) is 13.1 Å². The molecule has 1 aromatic rings. The Balaban J connectivity index is 2.07. The summed E-state index contributed by atoms with van der Waals surface area (Å²) in [6.07, 6.45) is 1.77. The predicted molar refractivity (Wildman–Crippen MR) is 75.8 cm³/mol. The largest absolute Gasteiger partial charge is 0.390 e. The summed E-state index contributed by atoms with van der Waals surface area (Å²) < 4.78 is 0. The van der Waals surface area contributed by atoms with Gasteiger partial charge in [-0.15, -0.1) is 0 Å². The molecule has 18 heavy (non-hydrogen) atoms. The Morgan fingerprint density at radius 3 is 2.11 bits per heavy atom. The maximum Gasteiger partial charge on any atom is 0.0644 e. The lowest BCUT2D eigenvalue weighted by Crippen LogP contribution is -2.42. The minimum Gasteiger partial charge on any atom is -0.390 e. The van der Waals surface area contributed by atoms with E-state index in [-0.39, 0.29) is 0 Å². The zero-order chi connectivity index (χ0) is 13.3. The van der Waals surface area contributed by atoms with Crippen LogP contribution in [0.15, 0.2) is 12.1 Å². The van der Waals surface area contributed by atoms with Gasteiger partial charge >= 0.3 is 0 Å². The summed E-state index contributed by atoms with van der Waals surface area (Å²) in [5.41, 5.74) is 5.14. The lowest BCUT2D eigenvalue weighted by molar-refractivity contribution is -0.00736. The Bertz CT molecular complexity index is 404. The molecule has 1 N–H and O–H groups in total. The maximum atomic E-state index is 9.98. The molecular weight excluding hydrogens is 222 g/mol. The molecule has 0 unspecified atom stereocenters. The zero-order valence-electron chi connectivity index (χ0n) is 12.1. The van der Waals surface area contributed by atoms with Crippen molar-refractivity contribution in [3.63, 3.8) is 0 Å². The maximum absolute atomic E-state index is 9.98. The molecule has 0 saturated carbocycles. The average molecular weight is 247 g/mol. The van der Waals surface area contributed by atoms with E-state index in [1.54, 1.807) is 0 Å². The monoisotopic (exact) mass is 247 g/mol. The molecule has 1 fully saturated rings. The molecule has 1 saturated heterocycles. The van der Waals surface area contributed by atoms with Crippen LogP contribution in [0.3, 0.4) is 0 Å². The number of nitrogens with zero attached hydrogens (tertiary/aromatic N) is 1. The third-order valence-electron chi connectivity index (χ3n) is 4.16. The van der Waals surface area contributed by atoms with Crippen molar-refractivity contribution in [2.45, 2.75) is 52.7 Å². The van der Waals surface area contributed by atoms with E-state index in [0.717, 1.165) is 32.5 Å².